The number of para-hydroxylation sites is 1. The van der Waals surface area contributed by atoms with Crippen molar-refractivity contribution in [1.82, 2.24) is 0 Å². The lowest BCUT2D eigenvalue weighted by Gasteiger charge is -2.38. The van der Waals surface area contributed by atoms with Crippen molar-refractivity contribution < 1.29 is 4.79 Å². The number of benzene rings is 4. The minimum Gasteiger partial charge on any atom is -0.360 e. The lowest BCUT2D eigenvalue weighted by Crippen LogP contribution is -2.43. The second-order valence-electron chi connectivity index (χ2n) is 6.96. The fraction of sp³-hybridized carbons (Fsp3) is 0.0417. The molecule has 0 aliphatic carbocycles. The molecule has 1 aliphatic rings. The molecule has 1 N–H and O–H groups in total. The van der Waals surface area contributed by atoms with Gasteiger partial charge in [0.15, 0.2) is 0 Å². The number of fused-ring (bicyclic) bond motifs is 2. The second-order valence-corrected chi connectivity index (χ2v) is 7.81. The maximum atomic E-state index is 13.5. The Morgan fingerprint density at radius 1 is 0.793 bits per heavy atom. The number of hydrogen-bond acceptors (Lipinski definition) is 2. The second kappa shape index (κ2) is 7.11. The summed E-state index contributed by atoms with van der Waals surface area (Å²) in [6.07, 6.45) is -0.455. The predicted molar refractivity (Wildman–Crippen MR) is 120 cm³/mol. The fourth-order valence-electron chi connectivity index (χ4n) is 3.79. The summed E-state index contributed by atoms with van der Waals surface area (Å²) in [5.41, 5.74) is 2.99. The van der Waals surface area contributed by atoms with Crippen molar-refractivity contribution in [2.24, 2.45) is 0 Å². The van der Waals surface area contributed by atoms with Gasteiger partial charge in [0, 0.05) is 27.0 Å². The van der Waals surface area contributed by atoms with Crippen LogP contribution in [0.25, 0.3) is 10.8 Å². The van der Waals surface area contributed by atoms with E-state index >= 15 is 0 Å². The van der Waals surface area contributed by atoms with Gasteiger partial charge in [-0.05, 0) is 47.2 Å². The Bertz CT molecular complexity index is 1250. The highest BCUT2D eigenvalue weighted by molar-refractivity contribution is 6.35. The van der Waals surface area contributed by atoms with Crippen molar-refractivity contribution >= 4 is 51.3 Å². The van der Waals surface area contributed by atoms with Gasteiger partial charge in [-0.25, -0.2) is 0 Å². The standard InChI is InChI=1S/C24H16Cl2N2O/c25-17-10-12-19(21(26)14-17)23-27-22-8-4-3-7-20(22)24(29)28(23)18-11-9-15-5-1-2-6-16(15)13-18/h1-14,23,27H/t23-/m0/s1. The van der Waals surface area contributed by atoms with Crippen LogP contribution in [0.3, 0.4) is 0 Å². The van der Waals surface area contributed by atoms with Gasteiger partial charge in [0.25, 0.3) is 5.91 Å². The van der Waals surface area contributed by atoms with E-state index < -0.39 is 6.17 Å². The van der Waals surface area contributed by atoms with E-state index in [1.807, 2.05) is 66.7 Å². The third kappa shape index (κ3) is 3.13. The summed E-state index contributed by atoms with van der Waals surface area (Å²) in [7, 11) is 0. The van der Waals surface area contributed by atoms with Gasteiger partial charge in [-0.1, -0.05) is 71.7 Å². The van der Waals surface area contributed by atoms with Crippen LogP contribution in [0.15, 0.2) is 84.9 Å². The zero-order valence-electron chi connectivity index (χ0n) is 15.3. The monoisotopic (exact) mass is 418 g/mol. The summed E-state index contributed by atoms with van der Waals surface area (Å²) in [5.74, 6) is -0.0781. The van der Waals surface area contributed by atoms with Crippen molar-refractivity contribution in [3.05, 3.63) is 106 Å². The summed E-state index contributed by atoms with van der Waals surface area (Å²) in [5, 5.41) is 6.73. The van der Waals surface area contributed by atoms with Gasteiger partial charge < -0.3 is 5.32 Å². The van der Waals surface area contributed by atoms with Crippen LogP contribution >= 0.6 is 23.2 Å². The molecule has 0 fully saturated rings. The molecular formula is C24H16Cl2N2O. The molecule has 5 heteroatoms. The Morgan fingerprint density at radius 2 is 1.55 bits per heavy atom. The largest absolute Gasteiger partial charge is 0.360 e. The van der Waals surface area contributed by atoms with Crippen LogP contribution in [0.1, 0.15) is 22.1 Å². The maximum Gasteiger partial charge on any atom is 0.262 e. The predicted octanol–water partition coefficient (Wildman–Crippen LogP) is 6.92. The molecule has 4 aromatic rings. The highest BCUT2D eigenvalue weighted by atomic mass is 35.5. The van der Waals surface area contributed by atoms with Gasteiger partial charge >= 0.3 is 0 Å². The maximum absolute atomic E-state index is 13.5. The summed E-state index contributed by atoms with van der Waals surface area (Å²) >= 11 is 12.6. The number of nitrogens with one attached hydrogen (secondary N) is 1. The number of anilines is 2. The Kier molecular flexibility index (Phi) is 4.42. The molecule has 1 amide bonds. The molecular weight excluding hydrogens is 403 g/mol. The number of carbonyl (C=O) groups is 1. The van der Waals surface area contributed by atoms with Crippen molar-refractivity contribution in [1.29, 1.82) is 0 Å². The molecule has 0 bridgehead atoms. The molecule has 0 radical (unpaired) electrons. The molecule has 1 heterocycles. The average Bonchev–Trinajstić information content (AvgIpc) is 2.73. The van der Waals surface area contributed by atoms with E-state index in [-0.39, 0.29) is 5.91 Å². The topological polar surface area (TPSA) is 32.3 Å². The molecule has 5 rings (SSSR count). The lowest BCUT2D eigenvalue weighted by atomic mass is 10.0. The van der Waals surface area contributed by atoms with Crippen molar-refractivity contribution in [2.45, 2.75) is 6.17 Å². The van der Waals surface area contributed by atoms with Gasteiger partial charge in [0.2, 0.25) is 0 Å². The van der Waals surface area contributed by atoms with Crippen LogP contribution in [-0.2, 0) is 0 Å². The Hall–Kier alpha value is -3.01. The molecule has 0 unspecified atom stereocenters. The zero-order valence-corrected chi connectivity index (χ0v) is 16.8. The summed E-state index contributed by atoms with van der Waals surface area (Å²) in [6.45, 7) is 0. The van der Waals surface area contributed by atoms with Crippen LogP contribution in [0.5, 0.6) is 0 Å². The average molecular weight is 419 g/mol. The van der Waals surface area contributed by atoms with E-state index in [0.717, 1.165) is 27.7 Å². The highest BCUT2D eigenvalue weighted by Gasteiger charge is 2.35. The van der Waals surface area contributed by atoms with Gasteiger partial charge in [-0.3, -0.25) is 9.69 Å². The zero-order chi connectivity index (χ0) is 20.0. The van der Waals surface area contributed by atoms with E-state index in [1.165, 1.54) is 0 Å². The normalized spacial score (nSPS) is 15.9. The van der Waals surface area contributed by atoms with Gasteiger partial charge in [0.1, 0.15) is 6.17 Å². The van der Waals surface area contributed by atoms with Crippen LogP contribution < -0.4 is 10.2 Å². The van der Waals surface area contributed by atoms with Gasteiger partial charge in [0.05, 0.1) is 5.56 Å². The number of carbonyl (C=O) groups excluding carboxylic acids is 1. The molecule has 142 valence electrons. The Morgan fingerprint density at radius 3 is 2.38 bits per heavy atom. The van der Waals surface area contributed by atoms with Crippen LogP contribution in [0.4, 0.5) is 11.4 Å². The molecule has 4 aromatic carbocycles. The first-order chi connectivity index (χ1) is 14.1. The van der Waals surface area contributed by atoms with Gasteiger partial charge in [-0.15, -0.1) is 0 Å². The molecule has 0 spiro atoms. The number of nitrogens with zero attached hydrogens (tertiary/aromatic N) is 1. The number of halogens is 2. The van der Waals surface area contributed by atoms with E-state index in [9.17, 15) is 4.79 Å². The first-order valence-electron chi connectivity index (χ1n) is 9.25. The molecule has 29 heavy (non-hydrogen) atoms. The molecule has 1 aliphatic heterocycles. The molecule has 3 nitrogen and oxygen atoms in total. The quantitative estimate of drug-likeness (QED) is 0.383. The van der Waals surface area contributed by atoms with Crippen LogP contribution in [-0.4, -0.2) is 5.91 Å². The smallest absolute Gasteiger partial charge is 0.262 e. The van der Waals surface area contributed by atoms with E-state index in [2.05, 4.69) is 11.4 Å². The summed E-state index contributed by atoms with van der Waals surface area (Å²) < 4.78 is 0. The Labute approximate surface area is 178 Å². The van der Waals surface area contributed by atoms with Crippen LogP contribution in [0.2, 0.25) is 10.0 Å². The minimum absolute atomic E-state index is 0.0781. The third-order valence-corrected chi connectivity index (χ3v) is 5.76. The van der Waals surface area contributed by atoms with Crippen LogP contribution in [0, 0.1) is 0 Å². The van der Waals surface area contributed by atoms with E-state index in [0.29, 0.717) is 15.6 Å². The number of rotatable bonds is 2. The lowest BCUT2D eigenvalue weighted by molar-refractivity contribution is 0.0975. The first-order valence-corrected chi connectivity index (χ1v) is 10.0. The van der Waals surface area contributed by atoms with E-state index in [4.69, 9.17) is 23.2 Å². The van der Waals surface area contributed by atoms with Gasteiger partial charge in [-0.2, -0.15) is 0 Å². The highest BCUT2D eigenvalue weighted by Crippen LogP contribution is 2.40. The summed E-state index contributed by atoms with van der Waals surface area (Å²) in [4.78, 5) is 15.3. The number of hydrogen-bond donors (Lipinski definition) is 1. The fourth-order valence-corrected chi connectivity index (χ4v) is 4.30. The molecule has 1 atom stereocenters. The molecule has 0 aromatic heterocycles. The first kappa shape index (κ1) is 18.0. The van der Waals surface area contributed by atoms with E-state index in [1.54, 1.807) is 17.0 Å². The van der Waals surface area contributed by atoms with Crippen molar-refractivity contribution in [3.8, 4) is 0 Å². The summed E-state index contributed by atoms with van der Waals surface area (Å²) in [6, 6.07) is 27.0. The van der Waals surface area contributed by atoms with Crippen molar-refractivity contribution in [3.63, 3.8) is 0 Å². The molecule has 0 saturated carbocycles. The minimum atomic E-state index is -0.455. The SMILES string of the molecule is O=C1c2ccccc2N[C@H](c2ccc(Cl)cc2Cl)N1c1ccc2ccccc2c1. The third-order valence-electron chi connectivity index (χ3n) is 5.19. The van der Waals surface area contributed by atoms with Crippen molar-refractivity contribution in [2.75, 3.05) is 10.2 Å². The Balaban J connectivity index is 1.70. The molecule has 0 saturated heterocycles. The number of amides is 1.